The third-order valence-electron chi connectivity index (χ3n) is 4.78. The fourth-order valence-electron chi connectivity index (χ4n) is 3.32. The molecule has 4 N–H and O–H groups in total. The van der Waals surface area contributed by atoms with Gasteiger partial charge in [0.2, 0.25) is 0 Å². The lowest BCUT2D eigenvalue weighted by Crippen LogP contribution is -2.29. The normalized spacial score (nSPS) is 13.9. The number of nitrogens with two attached hydrogens (primary N) is 1. The van der Waals surface area contributed by atoms with Gasteiger partial charge in [0.15, 0.2) is 0 Å². The van der Waals surface area contributed by atoms with Crippen molar-refractivity contribution in [2.45, 2.75) is 51.5 Å². The number of aromatic nitrogens is 1. The van der Waals surface area contributed by atoms with Crippen molar-refractivity contribution in [3.63, 3.8) is 0 Å². The number of benzene rings is 1. The van der Waals surface area contributed by atoms with Gasteiger partial charge in [-0.15, -0.1) is 12.8 Å². The summed E-state index contributed by atoms with van der Waals surface area (Å²) in [5.74, 6) is 0.240. The molecule has 1 aliphatic rings. The van der Waals surface area contributed by atoms with E-state index < -0.39 is 0 Å². The molecule has 1 aromatic heterocycles. The Hall–Kier alpha value is -3.51. The van der Waals surface area contributed by atoms with Crippen LogP contribution in [-0.2, 0) is 6.42 Å². The van der Waals surface area contributed by atoms with Crippen LogP contribution in [0.15, 0.2) is 46.3 Å². The predicted molar refractivity (Wildman–Crippen MR) is 120 cm³/mol. The highest BCUT2D eigenvalue weighted by Crippen LogP contribution is 2.23. The van der Waals surface area contributed by atoms with Crippen LogP contribution < -0.4 is 16.6 Å². The number of H-pyrrole nitrogens is 1. The summed E-state index contributed by atoms with van der Waals surface area (Å²) >= 11 is 0. The van der Waals surface area contributed by atoms with Gasteiger partial charge in [-0.05, 0) is 43.0 Å². The minimum atomic E-state index is -0.216. The minimum absolute atomic E-state index is 0.216. The number of nitriles is 1. The quantitative estimate of drug-likeness (QED) is 0.405. The Bertz CT molecular complexity index is 865. The molecule has 0 aliphatic heterocycles. The second kappa shape index (κ2) is 12.8. The van der Waals surface area contributed by atoms with Gasteiger partial charge in [0.05, 0.1) is 11.4 Å². The molecule has 29 heavy (non-hydrogen) atoms. The van der Waals surface area contributed by atoms with E-state index in [-0.39, 0.29) is 11.4 Å². The highest BCUT2D eigenvalue weighted by atomic mass is 16.1. The number of nitrogens with one attached hydrogen (secondary N) is 2. The molecule has 6 heteroatoms. The summed E-state index contributed by atoms with van der Waals surface area (Å²) in [6.45, 7) is 5.61. The average molecular weight is 392 g/mol. The van der Waals surface area contributed by atoms with Crippen LogP contribution in [0.1, 0.15) is 50.2 Å². The van der Waals surface area contributed by atoms with E-state index in [4.69, 9.17) is 11.0 Å². The first-order valence-corrected chi connectivity index (χ1v) is 9.68. The van der Waals surface area contributed by atoms with Gasteiger partial charge in [-0.1, -0.05) is 38.3 Å². The third kappa shape index (κ3) is 6.86. The molecule has 0 amide bonds. The zero-order valence-corrected chi connectivity index (χ0v) is 16.9. The number of aromatic amines is 1. The summed E-state index contributed by atoms with van der Waals surface area (Å²) in [7, 11) is 0. The lowest BCUT2D eigenvalue weighted by atomic mass is 9.95. The molecule has 1 fully saturated rings. The fraction of sp³-hybridized carbons (Fsp3) is 0.348. The van der Waals surface area contributed by atoms with E-state index in [9.17, 15) is 4.79 Å². The van der Waals surface area contributed by atoms with Crippen molar-refractivity contribution in [1.29, 1.82) is 5.26 Å². The van der Waals surface area contributed by atoms with E-state index in [1.165, 1.54) is 24.8 Å². The van der Waals surface area contributed by atoms with Crippen LogP contribution in [0, 0.1) is 24.7 Å². The zero-order valence-electron chi connectivity index (χ0n) is 16.9. The van der Waals surface area contributed by atoms with Crippen LogP contribution in [0.25, 0.3) is 0 Å². The van der Waals surface area contributed by atoms with Crippen molar-refractivity contribution in [2.75, 3.05) is 5.32 Å². The van der Waals surface area contributed by atoms with Gasteiger partial charge in [-0.25, -0.2) is 10.3 Å². The molecular formula is C23H29N5O. The molecule has 1 saturated carbocycles. The molecule has 6 nitrogen and oxygen atoms in total. The molecule has 1 aliphatic carbocycles. The van der Waals surface area contributed by atoms with Crippen molar-refractivity contribution in [1.82, 2.24) is 4.98 Å². The molecule has 0 spiro atoms. The Labute approximate surface area is 172 Å². The number of pyridine rings is 1. The second-order valence-electron chi connectivity index (χ2n) is 6.59. The summed E-state index contributed by atoms with van der Waals surface area (Å²) in [5, 5.41) is 9.99. The lowest BCUT2D eigenvalue weighted by Gasteiger charge is -2.24. The van der Waals surface area contributed by atoms with E-state index in [0.29, 0.717) is 11.6 Å². The van der Waals surface area contributed by atoms with Crippen molar-refractivity contribution in [2.24, 2.45) is 10.7 Å². The molecule has 2 aromatic rings. The fourth-order valence-corrected chi connectivity index (χ4v) is 3.32. The molecule has 1 aromatic carbocycles. The number of rotatable bonds is 5. The Morgan fingerprint density at radius 2 is 1.79 bits per heavy atom. The van der Waals surface area contributed by atoms with Crippen molar-refractivity contribution in [3.8, 4) is 19.4 Å². The first-order chi connectivity index (χ1) is 14.2. The molecule has 0 unspecified atom stereocenters. The highest BCUT2D eigenvalue weighted by Gasteiger charge is 2.17. The van der Waals surface area contributed by atoms with E-state index in [0.717, 1.165) is 30.6 Å². The van der Waals surface area contributed by atoms with Gasteiger partial charge in [-0.3, -0.25) is 4.79 Å². The summed E-state index contributed by atoms with van der Waals surface area (Å²) in [6, 6.07) is 10.2. The smallest absolute Gasteiger partial charge is 0.261 e. The standard InChI is InChI=1S/C20H26N4O.C2H2.CHN/c1-2-14-8-10-16(11-9-14)24-19(21)18-17(12-13-22-20(18)25)23-15-6-4-3-5-7-15;2*1-2/h8-13,15H,2-7H2,1H3,(H2,21,24)(H2,22,23,25);1-2H;1H. The molecule has 0 saturated heterocycles. The topological polar surface area (TPSA) is 107 Å². The van der Waals surface area contributed by atoms with Crippen LogP contribution in [0.3, 0.4) is 0 Å². The maximum absolute atomic E-state index is 12.4. The SMILES string of the molecule is C#C.C#N.CCc1ccc(N=C(N)c2c(NC3CCCCC3)cc[nH]c2=O)cc1. The van der Waals surface area contributed by atoms with Crippen molar-refractivity contribution in [3.05, 3.63) is 58.0 Å². The molecule has 152 valence electrons. The Balaban J connectivity index is 0.000000989. The second-order valence-corrected chi connectivity index (χ2v) is 6.59. The summed E-state index contributed by atoms with van der Waals surface area (Å²) in [4.78, 5) is 19.5. The van der Waals surface area contributed by atoms with Gasteiger partial charge >= 0.3 is 0 Å². The molecular weight excluding hydrogens is 362 g/mol. The number of hydrogen-bond donors (Lipinski definition) is 3. The number of hydrogen-bond acceptors (Lipinski definition) is 4. The molecule has 0 radical (unpaired) electrons. The van der Waals surface area contributed by atoms with Crippen LogP contribution in [0.5, 0.6) is 0 Å². The summed E-state index contributed by atoms with van der Waals surface area (Å²) in [5.41, 5.74) is 9.16. The zero-order chi connectivity index (χ0) is 21.6. The van der Waals surface area contributed by atoms with E-state index in [1.54, 1.807) is 6.20 Å². The third-order valence-corrected chi connectivity index (χ3v) is 4.78. The van der Waals surface area contributed by atoms with E-state index in [2.05, 4.69) is 41.6 Å². The molecule has 0 bridgehead atoms. The van der Waals surface area contributed by atoms with Crippen LogP contribution in [0.2, 0.25) is 0 Å². The number of terminal acetylenes is 1. The maximum Gasteiger partial charge on any atom is 0.261 e. The predicted octanol–water partition coefficient (Wildman–Crippen LogP) is 4.11. The number of anilines is 1. The molecule has 1 heterocycles. The molecule has 0 atom stereocenters. The summed E-state index contributed by atoms with van der Waals surface area (Å²) in [6.07, 6.45) is 16.6. The van der Waals surface area contributed by atoms with Gasteiger partial charge in [0, 0.05) is 18.8 Å². The first-order valence-electron chi connectivity index (χ1n) is 9.68. The highest BCUT2D eigenvalue weighted by molar-refractivity contribution is 6.03. The average Bonchev–Trinajstić information content (AvgIpc) is 2.78. The van der Waals surface area contributed by atoms with Gasteiger partial charge in [0.25, 0.3) is 5.56 Å². The Morgan fingerprint density at radius 3 is 2.38 bits per heavy atom. The van der Waals surface area contributed by atoms with Gasteiger partial charge in [-0.2, -0.15) is 0 Å². The summed E-state index contributed by atoms with van der Waals surface area (Å²) < 4.78 is 0. The largest absolute Gasteiger partial charge is 0.383 e. The van der Waals surface area contributed by atoms with E-state index >= 15 is 0 Å². The van der Waals surface area contributed by atoms with Crippen molar-refractivity contribution < 1.29 is 0 Å². The Kier molecular flexibility index (Phi) is 10.4. The Morgan fingerprint density at radius 1 is 1.17 bits per heavy atom. The number of amidine groups is 1. The number of aliphatic imine (C=N–C) groups is 1. The molecule has 3 rings (SSSR count). The van der Waals surface area contributed by atoms with Gasteiger partial charge in [0.1, 0.15) is 11.4 Å². The minimum Gasteiger partial charge on any atom is -0.383 e. The monoisotopic (exact) mass is 391 g/mol. The van der Waals surface area contributed by atoms with Crippen LogP contribution >= 0.6 is 0 Å². The maximum atomic E-state index is 12.4. The number of aryl methyl sites for hydroxylation is 1. The van der Waals surface area contributed by atoms with Gasteiger partial charge < -0.3 is 16.0 Å². The lowest BCUT2D eigenvalue weighted by molar-refractivity contribution is 0.462. The first kappa shape index (κ1) is 23.5. The number of nitrogens with zero attached hydrogens (tertiary/aromatic N) is 2. The van der Waals surface area contributed by atoms with E-state index in [1.807, 2.05) is 30.3 Å². The van der Waals surface area contributed by atoms with Crippen LogP contribution in [-0.4, -0.2) is 16.9 Å². The van der Waals surface area contributed by atoms with Crippen molar-refractivity contribution >= 4 is 17.2 Å². The van der Waals surface area contributed by atoms with Crippen LogP contribution in [0.4, 0.5) is 11.4 Å².